The van der Waals surface area contributed by atoms with E-state index in [2.05, 4.69) is 30.7 Å². The van der Waals surface area contributed by atoms with E-state index >= 15 is 0 Å². The van der Waals surface area contributed by atoms with E-state index < -0.39 is 12.1 Å². The van der Waals surface area contributed by atoms with Crippen LogP contribution >= 0.6 is 0 Å². The van der Waals surface area contributed by atoms with Gasteiger partial charge in [-0.25, -0.2) is 4.98 Å². The third-order valence-corrected chi connectivity index (χ3v) is 6.68. The summed E-state index contributed by atoms with van der Waals surface area (Å²) in [5, 5.41) is 9.87. The molecule has 3 heterocycles. The highest BCUT2D eigenvalue weighted by atomic mass is 16.7. The summed E-state index contributed by atoms with van der Waals surface area (Å²) in [5.74, 6) is 7.38. The highest BCUT2D eigenvalue weighted by Crippen LogP contribution is 2.33. The monoisotopic (exact) mass is 521 g/mol. The minimum atomic E-state index is -0.455. The lowest BCUT2D eigenvalue weighted by molar-refractivity contribution is 0.0313. The number of fused-ring (bicyclic) bond motifs is 2. The molecule has 2 amide bonds. The first kappa shape index (κ1) is 27.3. The molecule has 1 aromatic heterocycles. The highest BCUT2D eigenvalue weighted by molar-refractivity contribution is 5.97. The van der Waals surface area contributed by atoms with Crippen molar-refractivity contribution in [3.05, 3.63) is 47.2 Å². The largest absolute Gasteiger partial charge is 0.472 e. The lowest BCUT2D eigenvalue weighted by Gasteiger charge is -2.37. The number of amides is 2. The zero-order chi connectivity index (χ0) is 27.4. The van der Waals surface area contributed by atoms with E-state index in [4.69, 9.17) is 14.2 Å². The molecule has 0 aliphatic carbocycles. The van der Waals surface area contributed by atoms with Gasteiger partial charge in [0.1, 0.15) is 11.7 Å². The first-order chi connectivity index (χ1) is 18.2. The number of benzene rings is 1. The second-order valence-electron chi connectivity index (χ2n) is 10.4. The van der Waals surface area contributed by atoms with Crippen molar-refractivity contribution in [2.75, 3.05) is 33.5 Å². The summed E-state index contributed by atoms with van der Waals surface area (Å²) in [7, 11) is 1.71. The fourth-order valence-corrected chi connectivity index (χ4v) is 4.35. The van der Waals surface area contributed by atoms with Crippen LogP contribution in [0.2, 0.25) is 0 Å². The average Bonchev–Trinajstić information content (AvgIpc) is 3.37. The number of carbonyl (C=O) groups is 2. The Labute approximate surface area is 223 Å². The number of nitrogens with zero attached hydrogens (tertiary/aromatic N) is 3. The molecule has 0 bridgehead atoms. The topological polar surface area (TPSA) is 101 Å². The molecule has 0 saturated heterocycles. The number of aromatic nitrogens is 1. The molecule has 4 rings (SSSR count). The van der Waals surface area contributed by atoms with Crippen molar-refractivity contribution in [2.24, 2.45) is 11.8 Å². The third kappa shape index (κ3) is 6.03. The van der Waals surface area contributed by atoms with Crippen molar-refractivity contribution in [1.82, 2.24) is 14.8 Å². The molecule has 1 N–H and O–H groups in total. The first-order valence-electron chi connectivity index (χ1n) is 12.9. The maximum absolute atomic E-state index is 13.5. The summed E-state index contributed by atoms with van der Waals surface area (Å²) >= 11 is 0. The van der Waals surface area contributed by atoms with Crippen LogP contribution in [0.5, 0.6) is 17.4 Å². The van der Waals surface area contributed by atoms with Crippen molar-refractivity contribution >= 4 is 11.8 Å². The molecule has 9 heteroatoms. The van der Waals surface area contributed by atoms with Gasteiger partial charge in [0, 0.05) is 43.3 Å². The smallest absolute Gasteiger partial charge is 0.259 e. The Morgan fingerprint density at radius 3 is 2.74 bits per heavy atom. The van der Waals surface area contributed by atoms with Crippen LogP contribution in [0.15, 0.2) is 30.5 Å². The number of carbonyl (C=O) groups excluding carboxylic acids is 2. The van der Waals surface area contributed by atoms with Crippen LogP contribution in [-0.2, 0) is 0 Å². The van der Waals surface area contributed by atoms with Gasteiger partial charge in [0.05, 0.1) is 19.2 Å². The summed E-state index contributed by atoms with van der Waals surface area (Å²) in [6.45, 7) is 8.52. The van der Waals surface area contributed by atoms with E-state index in [1.165, 1.54) is 0 Å². The Kier molecular flexibility index (Phi) is 8.42. The molecule has 0 saturated carbocycles. The van der Waals surface area contributed by atoms with Crippen LogP contribution < -0.4 is 14.2 Å². The van der Waals surface area contributed by atoms with Gasteiger partial charge in [0.15, 0.2) is 11.5 Å². The Bertz CT molecular complexity index is 1250. The zero-order valence-electron chi connectivity index (χ0n) is 22.6. The van der Waals surface area contributed by atoms with E-state index in [0.717, 1.165) is 6.42 Å². The number of hydrogen-bond donors (Lipinski definition) is 1. The first-order valence-corrected chi connectivity index (χ1v) is 12.9. The van der Waals surface area contributed by atoms with Crippen molar-refractivity contribution in [3.63, 3.8) is 0 Å². The van der Waals surface area contributed by atoms with E-state index in [0.29, 0.717) is 40.7 Å². The Balaban J connectivity index is 1.60. The van der Waals surface area contributed by atoms with Crippen LogP contribution in [0, 0.1) is 23.7 Å². The molecule has 2 aliphatic heterocycles. The summed E-state index contributed by atoms with van der Waals surface area (Å²) < 4.78 is 17.1. The summed E-state index contributed by atoms with van der Waals surface area (Å²) in [5.41, 5.74) is 1.39. The number of pyridine rings is 1. The minimum Gasteiger partial charge on any atom is -0.472 e. The second kappa shape index (κ2) is 11.7. The number of rotatable bonds is 6. The van der Waals surface area contributed by atoms with Gasteiger partial charge in [-0.05, 0) is 37.1 Å². The summed E-state index contributed by atoms with van der Waals surface area (Å²) in [6, 6.07) is 6.40. The van der Waals surface area contributed by atoms with Gasteiger partial charge in [-0.1, -0.05) is 32.6 Å². The normalized spacial score (nSPS) is 19.0. The summed E-state index contributed by atoms with van der Waals surface area (Å²) in [6.07, 6.45) is 1.88. The van der Waals surface area contributed by atoms with Gasteiger partial charge in [-0.15, -0.1) is 0 Å². The van der Waals surface area contributed by atoms with Gasteiger partial charge < -0.3 is 29.1 Å². The quantitative estimate of drug-likeness (QED) is 0.583. The molecule has 9 nitrogen and oxygen atoms in total. The predicted molar refractivity (Wildman–Crippen MR) is 141 cm³/mol. The molecule has 2 aliphatic rings. The lowest BCUT2D eigenvalue weighted by Crippen LogP contribution is -2.50. The molecule has 1 aromatic carbocycles. The van der Waals surface area contributed by atoms with Crippen LogP contribution in [0.3, 0.4) is 0 Å². The number of aliphatic hydroxyl groups is 1. The van der Waals surface area contributed by atoms with E-state index in [1.54, 1.807) is 54.2 Å². The van der Waals surface area contributed by atoms with Crippen LogP contribution in [0.1, 0.15) is 60.4 Å². The van der Waals surface area contributed by atoms with Gasteiger partial charge >= 0.3 is 0 Å². The van der Waals surface area contributed by atoms with Crippen molar-refractivity contribution in [1.29, 1.82) is 0 Å². The Morgan fingerprint density at radius 1 is 1.24 bits per heavy atom. The third-order valence-electron chi connectivity index (χ3n) is 6.68. The maximum Gasteiger partial charge on any atom is 0.259 e. The maximum atomic E-state index is 13.5. The predicted octanol–water partition coefficient (Wildman–Crippen LogP) is 3.20. The number of ether oxygens (including phenoxy) is 3. The van der Waals surface area contributed by atoms with Gasteiger partial charge in [-0.2, -0.15) is 0 Å². The van der Waals surface area contributed by atoms with Crippen LogP contribution in [-0.4, -0.2) is 77.4 Å². The van der Waals surface area contributed by atoms with E-state index in [1.807, 2.05) is 6.92 Å². The lowest BCUT2D eigenvalue weighted by atomic mass is 9.99. The molecule has 0 fully saturated rings. The number of aliphatic hydroxyl groups excluding tert-OH is 1. The van der Waals surface area contributed by atoms with Gasteiger partial charge in [-0.3, -0.25) is 9.59 Å². The van der Waals surface area contributed by atoms with Gasteiger partial charge in [0.25, 0.3) is 11.8 Å². The van der Waals surface area contributed by atoms with Crippen molar-refractivity contribution in [2.45, 2.75) is 46.3 Å². The molecule has 202 valence electrons. The number of likely N-dealkylation sites (N-methyl/N-ethyl adjacent to an activating group) is 1. The minimum absolute atomic E-state index is 0.134. The van der Waals surface area contributed by atoms with Crippen molar-refractivity contribution < 1.29 is 28.9 Å². The highest BCUT2D eigenvalue weighted by Gasteiger charge is 2.35. The molecular formula is C29H35N3O6. The Hall–Kier alpha value is -3.77. The fraction of sp³-hybridized carbons (Fsp3) is 0.483. The average molecular weight is 522 g/mol. The Morgan fingerprint density at radius 2 is 2.00 bits per heavy atom. The molecule has 0 spiro atoms. The molecule has 0 unspecified atom stereocenters. The molecule has 2 aromatic rings. The SMILES string of the molecule is CC(C)CC#Cc1cnc2c(c1)C(=O)N([C@@H](C)CO)C[C@H](C)[C@@H](CN(C)C(=O)c1ccc3c(c1)OCO3)O2. The fourth-order valence-electron chi connectivity index (χ4n) is 4.35. The van der Waals surface area contributed by atoms with Crippen LogP contribution in [0.4, 0.5) is 0 Å². The van der Waals surface area contributed by atoms with Crippen molar-refractivity contribution in [3.8, 4) is 29.2 Å². The number of hydrogen-bond acceptors (Lipinski definition) is 7. The van der Waals surface area contributed by atoms with Crippen LogP contribution in [0.25, 0.3) is 0 Å². The molecular weight excluding hydrogens is 486 g/mol. The summed E-state index contributed by atoms with van der Waals surface area (Å²) in [4.78, 5) is 34.5. The standard InChI is InChI=1S/C29H35N3O6/c1-18(2)7-6-8-21-11-23-27(30-13-21)38-26(19(3)14-32(29(23)35)20(4)16-33)15-31(5)28(34)22-9-10-24-25(12-22)37-17-36-24/h9-13,18-20,26,33H,7,14-17H2,1-5H3/t19-,20-,26+/m0/s1. The second-order valence-corrected chi connectivity index (χ2v) is 10.4. The zero-order valence-corrected chi connectivity index (χ0v) is 22.6. The molecule has 3 atom stereocenters. The van der Waals surface area contributed by atoms with E-state index in [9.17, 15) is 14.7 Å². The van der Waals surface area contributed by atoms with Gasteiger partial charge in [0.2, 0.25) is 12.7 Å². The van der Waals surface area contributed by atoms with E-state index in [-0.39, 0.29) is 43.6 Å². The molecule has 0 radical (unpaired) electrons. The molecule has 38 heavy (non-hydrogen) atoms.